The lowest BCUT2D eigenvalue weighted by Gasteiger charge is -2.20. The smallest absolute Gasteiger partial charge is 0.246 e. The highest BCUT2D eigenvalue weighted by molar-refractivity contribution is 8.14. The summed E-state index contributed by atoms with van der Waals surface area (Å²) in [5, 5.41) is 8.24. The lowest BCUT2D eigenvalue weighted by atomic mass is 10.0. The van der Waals surface area contributed by atoms with E-state index in [1.165, 1.54) is 5.56 Å². The number of thioether (sulfide) groups is 1. The van der Waals surface area contributed by atoms with E-state index >= 15 is 0 Å². The first-order valence-corrected chi connectivity index (χ1v) is 10.5. The minimum absolute atomic E-state index is 0.0457. The van der Waals surface area contributed by atoms with Crippen molar-refractivity contribution in [3.05, 3.63) is 82.6 Å². The largest absolute Gasteiger partial charge is 0.347 e. The Morgan fingerprint density at radius 2 is 2.07 bits per heavy atom. The fourth-order valence-corrected chi connectivity index (χ4v) is 4.64. The van der Waals surface area contributed by atoms with Crippen molar-refractivity contribution in [2.24, 2.45) is 4.99 Å². The van der Waals surface area contributed by atoms with Crippen LogP contribution in [0.2, 0.25) is 0 Å². The number of pyridine rings is 2. The van der Waals surface area contributed by atoms with Gasteiger partial charge in [0.2, 0.25) is 5.91 Å². The van der Waals surface area contributed by atoms with E-state index in [0.29, 0.717) is 5.75 Å². The molecule has 1 aliphatic heterocycles. The number of rotatable bonds is 6. The maximum absolute atomic E-state index is 12.9. The maximum atomic E-state index is 12.9. The van der Waals surface area contributed by atoms with E-state index in [4.69, 9.17) is 0 Å². The lowest BCUT2D eigenvalue weighted by Crippen LogP contribution is -2.37. The van der Waals surface area contributed by atoms with E-state index in [0.717, 1.165) is 22.6 Å². The van der Waals surface area contributed by atoms with Crippen LogP contribution in [0.15, 0.2) is 70.9 Å². The van der Waals surface area contributed by atoms with Gasteiger partial charge in [-0.2, -0.15) is 11.3 Å². The number of carbonyl (C=O) groups is 1. The van der Waals surface area contributed by atoms with Crippen molar-refractivity contribution in [1.82, 2.24) is 15.3 Å². The summed E-state index contributed by atoms with van der Waals surface area (Å²) >= 11 is 3.27. The zero-order chi connectivity index (χ0) is 18.5. The van der Waals surface area contributed by atoms with Gasteiger partial charge in [-0.05, 0) is 52.6 Å². The first-order valence-electron chi connectivity index (χ1n) is 8.62. The van der Waals surface area contributed by atoms with E-state index < -0.39 is 0 Å². The number of nitrogens with zero attached hydrogens (tertiary/aromatic N) is 3. The Bertz CT molecular complexity index is 914. The number of nitrogens with one attached hydrogen (secondary N) is 1. The summed E-state index contributed by atoms with van der Waals surface area (Å²) in [6, 6.07) is 9.32. The Labute approximate surface area is 166 Å². The SMILES string of the molecule is O=C(N[C@H](Cc1ccsc1)c1cccnc1)[C@@H]1CSC(c2ccncc2)=N1. The third-order valence-electron chi connectivity index (χ3n) is 4.30. The van der Waals surface area contributed by atoms with Crippen molar-refractivity contribution in [1.29, 1.82) is 0 Å². The van der Waals surface area contributed by atoms with E-state index in [9.17, 15) is 4.79 Å². The highest BCUT2D eigenvalue weighted by Gasteiger charge is 2.28. The van der Waals surface area contributed by atoms with E-state index in [1.54, 1.807) is 41.7 Å². The van der Waals surface area contributed by atoms with Gasteiger partial charge in [-0.3, -0.25) is 19.8 Å². The number of hydrogen-bond donors (Lipinski definition) is 1. The second-order valence-corrected chi connectivity index (χ2v) is 7.97. The summed E-state index contributed by atoms with van der Waals surface area (Å²) in [4.78, 5) is 25.7. The van der Waals surface area contributed by atoms with E-state index in [2.05, 4.69) is 37.1 Å². The van der Waals surface area contributed by atoms with Gasteiger partial charge in [-0.25, -0.2) is 0 Å². The van der Waals surface area contributed by atoms with Crippen LogP contribution in [0, 0.1) is 0 Å². The van der Waals surface area contributed by atoms with Crippen LogP contribution < -0.4 is 5.32 Å². The molecule has 0 saturated carbocycles. The molecule has 1 N–H and O–H groups in total. The van der Waals surface area contributed by atoms with Crippen LogP contribution in [0.25, 0.3) is 0 Å². The second kappa shape index (κ2) is 8.45. The standard InChI is InChI=1S/C20H18N4OS2/c25-19(18-13-27-20(24-18)15-3-7-21-8-4-15)23-17(10-14-5-9-26-12-14)16-2-1-6-22-11-16/h1-9,11-12,17-18H,10,13H2,(H,23,25)/t17-,18+/m1/s1. The molecule has 1 amide bonds. The average molecular weight is 395 g/mol. The number of hydrogen-bond acceptors (Lipinski definition) is 6. The van der Waals surface area contributed by atoms with Gasteiger partial charge in [0.05, 0.1) is 11.1 Å². The first-order chi connectivity index (χ1) is 13.3. The average Bonchev–Trinajstić information content (AvgIpc) is 3.41. The Morgan fingerprint density at radius 3 is 2.81 bits per heavy atom. The third kappa shape index (κ3) is 4.43. The van der Waals surface area contributed by atoms with Crippen molar-refractivity contribution in [2.75, 3.05) is 5.75 Å². The molecule has 5 nitrogen and oxygen atoms in total. The van der Waals surface area contributed by atoms with Crippen LogP contribution in [-0.2, 0) is 11.2 Å². The number of aromatic nitrogens is 2. The van der Waals surface area contributed by atoms with E-state index in [-0.39, 0.29) is 18.0 Å². The molecular weight excluding hydrogens is 376 g/mol. The minimum atomic E-state index is -0.375. The van der Waals surface area contributed by atoms with Gasteiger partial charge in [0.15, 0.2) is 0 Å². The summed E-state index contributed by atoms with van der Waals surface area (Å²) in [6.07, 6.45) is 7.77. The summed E-state index contributed by atoms with van der Waals surface area (Å²) in [6.45, 7) is 0. The predicted molar refractivity (Wildman–Crippen MR) is 110 cm³/mol. The van der Waals surface area contributed by atoms with Gasteiger partial charge >= 0.3 is 0 Å². The quantitative estimate of drug-likeness (QED) is 0.695. The van der Waals surface area contributed by atoms with Crippen LogP contribution in [0.4, 0.5) is 0 Å². The minimum Gasteiger partial charge on any atom is -0.347 e. The monoisotopic (exact) mass is 394 g/mol. The lowest BCUT2D eigenvalue weighted by molar-refractivity contribution is -0.122. The van der Waals surface area contributed by atoms with Crippen molar-refractivity contribution < 1.29 is 4.79 Å². The van der Waals surface area contributed by atoms with Gasteiger partial charge in [0.1, 0.15) is 6.04 Å². The molecule has 0 spiro atoms. The number of aliphatic imine (C=N–C) groups is 1. The molecule has 2 atom stereocenters. The molecule has 3 aromatic rings. The number of carbonyl (C=O) groups excluding carboxylic acids is 1. The van der Waals surface area contributed by atoms with Gasteiger partial charge < -0.3 is 5.32 Å². The van der Waals surface area contributed by atoms with Crippen molar-refractivity contribution >= 4 is 34.0 Å². The summed E-state index contributed by atoms with van der Waals surface area (Å²) < 4.78 is 0. The zero-order valence-corrected chi connectivity index (χ0v) is 16.1. The summed E-state index contributed by atoms with van der Waals surface area (Å²) in [5.74, 6) is 0.609. The summed E-state index contributed by atoms with van der Waals surface area (Å²) in [7, 11) is 0. The van der Waals surface area contributed by atoms with Crippen molar-refractivity contribution in [2.45, 2.75) is 18.5 Å². The maximum Gasteiger partial charge on any atom is 0.246 e. The van der Waals surface area contributed by atoms with Gasteiger partial charge in [0.25, 0.3) is 0 Å². The van der Waals surface area contributed by atoms with Gasteiger partial charge in [-0.15, -0.1) is 11.8 Å². The Hall–Kier alpha value is -2.51. The van der Waals surface area contributed by atoms with E-state index in [1.807, 2.05) is 30.5 Å². The molecule has 0 saturated heterocycles. The van der Waals surface area contributed by atoms with Crippen LogP contribution in [-0.4, -0.2) is 32.7 Å². The zero-order valence-electron chi connectivity index (χ0n) is 14.5. The molecule has 136 valence electrons. The number of thiophene rings is 1. The fourth-order valence-electron chi connectivity index (χ4n) is 2.91. The van der Waals surface area contributed by atoms with Crippen molar-refractivity contribution in [3.63, 3.8) is 0 Å². The molecule has 0 unspecified atom stereocenters. The molecule has 0 aromatic carbocycles. The molecule has 0 bridgehead atoms. The Kier molecular flexibility index (Phi) is 5.60. The van der Waals surface area contributed by atoms with Crippen LogP contribution >= 0.6 is 23.1 Å². The Morgan fingerprint density at radius 1 is 1.19 bits per heavy atom. The van der Waals surface area contributed by atoms with Gasteiger partial charge in [0, 0.05) is 36.1 Å². The first kappa shape index (κ1) is 17.9. The third-order valence-corrected chi connectivity index (χ3v) is 6.13. The topological polar surface area (TPSA) is 67.2 Å². The van der Waals surface area contributed by atoms with Crippen LogP contribution in [0.5, 0.6) is 0 Å². The summed E-state index contributed by atoms with van der Waals surface area (Å²) in [5.41, 5.74) is 3.21. The molecule has 3 aromatic heterocycles. The molecular formula is C20H18N4OS2. The fraction of sp³-hybridized carbons (Fsp3) is 0.200. The normalized spacial score (nSPS) is 17.3. The predicted octanol–water partition coefficient (Wildman–Crippen LogP) is 3.50. The molecule has 0 radical (unpaired) electrons. The molecule has 27 heavy (non-hydrogen) atoms. The molecule has 7 heteroatoms. The molecule has 0 aliphatic carbocycles. The van der Waals surface area contributed by atoms with Crippen LogP contribution in [0.3, 0.4) is 0 Å². The second-order valence-electron chi connectivity index (χ2n) is 6.18. The van der Waals surface area contributed by atoms with Crippen LogP contribution in [0.1, 0.15) is 22.7 Å². The highest BCUT2D eigenvalue weighted by Crippen LogP contribution is 2.25. The Balaban J connectivity index is 1.49. The van der Waals surface area contributed by atoms with Crippen molar-refractivity contribution in [3.8, 4) is 0 Å². The number of amides is 1. The van der Waals surface area contributed by atoms with Gasteiger partial charge in [-0.1, -0.05) is 6.07 Å². The molecule has 1 aliphatic rings. The molecule has 0 fully saturated rings. The highest BCUT2D eigenvalue weighted by atomic mass is 32.2. The molecule has 4 heterocycles. The molecule has 4 rings (SSSR count).